The zero-order chi connectivity index (χ0) is 16.6. The molecule has 0 N–H and O–H groups in total. The summed E-state index contributed by atoms with van der Waals surface area (Å²) in [7, 11) is 2.26. The predicted octanol–water partition coefficient (Wildman–Crippen LogP) is 3.67. The molecule has 0 aromatic heterocycles. The number of halogens is 1. The van der Waals surface area contributed by atoms with E-state index in [0.717, 1.165) is 19.6 Å². The molecule has 3 heteroatoms. The molecule has 2 unspecified atom stereocenters. The molecule has 4 rings (SSSR count). The fraction of sp³-hybridized carbons (Fsp3) is 0.429. The van der Waals surface area contributed by atoms with Gasteiger partial charge < -0.3 is 4.90 Å². The standard InChI is InChI=1S/C21H25FN2/c1-23-13-11-21(18-5-3-2-4-6-18)12-14-24(16-20(21)23)15-17-7-9-19(22)10-8-17/h2-10,20H,11-16H2,1H3. The second-order valence-corrected chi connectivity index (χ2v) is 7.38. The van der Waals surface area contributed by atoms with Crippen LogP contribution in [0.25, 0.3) is 0 Å². The summed E-state index contributed by atoms with van der Waals surface area (Å²) in [5.74, 6) is -0.156. The highest BCUT2D eigenvalue weighted by atomic mass is 19.1. The summed E-state index contributed by atoms with van der Waals surface area (Å²) >= 11 is 0. The molecule has 2 atom stereocenters. The Morgan fingerprint density at radius 3 is 2.46 bits per heavy atom. The van der Waals surface area contributed by atoms with Crippen molar-refractivity contribution in [3.63, 3.8) is 0 Å². The Labute approximate surface area is 143 Å². The quantitative estimate of drug-likeness (QED) is 0.850. The Balaban J connectivity index is 1.54. The van der Waals surface area contributed by atoms with Crippen LogP contribution in [0.4, 0.5) is 4.39 Å². The largest absolute Gasteiger partial charge is 0.301 e. The Morgan fingerprint density at radius 1 is 1.00 bits per heavy atom. The van der Waals surface area contributed by atoms with Crippen molar-refractivity contribution in [1.82, 2.24) is 9.80 Å². The van der Waals surface area contributed by atoms with Crippen molar-refractivity contribution in [2.24, 2.45) is 0 Å². The number of likely N-dealkylation sites (N-methyl/N-ethyl adjacent to an activating group) is 1. The molecule has 0 saturated carbocycles. The smallest absolute Gasteiger partial charge is 0.123 e. The van der Waals surface area contributed by atoms with Gasteiger partial charge in [0.2, 0.25) is 0 Å². The normalized spacial score (nSPS) is 28.0. The third-order valence-corrected chi connectivity index (χ3v) is 6.05. The molecular formula is C21H25FN2. The molecule has 0 aliphatic carbocycles. The van der Waals surface area contributed by atoms with Crippen LogP contribution in [0.1, 0.15) is 24.0 Å². The summed E-state index contributed by atoms with van der Waals surface area (Å²) in [5, 5.41) is 0. The SMILES string of the molecule is CN1CCC2(c3ccccc3)CCN(Cc3ccc(F)cc3)CC12. The lowest BCUT2D eigenvalue weighted by Gasteiger charge is -2.46. The van der Waals surface area contributed by atoms with Gasteiger partial charge in [0.15, 0.2) is 0 Å². The van der Waals surface area contributed by atoms with Crippen LogP contribution in [0.15, 0.2) is 54.6 Å². The lowest BCUT2D eigenvalue weighted by atomic mass is 9.69. The van der Waals surface area contributed by atoms with Crippen molar-refractivity contribution >= 4 is 0 Å². The summed E-state index contributed by atoms with van der Waals surface area (Å²) in [4.78, 5) is 5.06. The average molecular weight is 324 g/mol. The number of nitrogens with zero attached hydrogens (tertiary/aromatic N) is 2. The van der Waals surface area contributed by atoms with Gasteiger partial charge in [-0.15, -0.1) is 0 Å². The molecular weight excluding hydrogens is 299 g/mol. The van der Waals surface area contributed by atoms with Gasteiger partial charge >= 0.3 is 0 Å². The Kier molecular flexibility index (Phi) is 4.15. The van der Waals surface area contributed by atoms with Crippen LogP contribution < -0.4 is 0 Å². The van der Waals surface area contributed by atoms with E-state index >= 15 is 0 Å². The van der Waals surface area contributed by atoms with Gasteiger partial charge in [0.25, 0.3) is 0 Å². The van der Waals surface area contributed by atoms with Crippen molar-refractivity contribution < 1.29 is 4.39 Å². The fourth-order valence-corrected chi connectivity index (χ4v) is 4.66. The molecule has 2 aliphatic rings. The lowest BCUT2D eigenvalue weighted by molar-refractivity contribution is 0.0917. The van der Waals surface area contributed by atoms with Crippen molar-refractivity contribution in [3.8, 4) is 0 Å². The van der Waals surface area contributed by atoms with E-state index in [0.29, 0.717) is 11.5 Å². The van der Waals surface area contributed by atoms with E-state index in [4.69, 9.17) is 0 Å². The fourth-order valence-electron chi connectivity index (χ4n) is 4.66. The monoisotopic (exact) mass is 324 g/mol. The first-order valence-electron chi connectivity index (χ1n) is 8.90. The molecule has 2 aromatic rings. The number of likely N-dealkylation sites (tertiary alicyclic amines) is 2. The summed E-state index contributed by atoms with van der Waals surface area (Å²) in [6.07, 6.45) is 2.45. The van der Waals surface area contributed by atoms with Crippen LogP contribution in [-0.2, 0) is 12.0 Å². The summed E-state index contributed by atoms with van der Waals surface area (Å²) in [6.45, 7) is 4.28. The van der Waals surface area contributed by atoms with E-state index in [9.17, 15) is 4.39 Å². The van der Waals surface area contributed by atoms with Gasteiger partial charge in [0, 0.05) is 24.5 Å². The summed E-state index contributed by atoms with van der Waals surface area (Å²) < 4.78 is 13.1. The molecule has 0 radical (unpaired) electrons. The number of hydrogen-bond donors (Lipinski definition) is 0. The van der Waals surface area contributed by atoms with Gasteiger partial charge in [-0.3, -0.25) is 4.90 Å². The van der Waals surface area contributed by atoms with E-state index in [1.165, 1.54) is 30.5 Å². The molecule has 2 aliphatic heterocycles. The van der Waals surface area contributed by atoms with Crippen LogP contribution in [0.2, 0.25) is 0 Å². The molecule has 2 aromatic carbocycles. The molecule has 0 spiro atoms. The highest BCUT2D eigenvalue weighted by Gasteiger charge is 2.49. The van der Waals surface area contributed by atoms with E-state index in [1.807, 2.05) is 12.1 Å². The highest BCUT2D eigenvalue weighted by molar-refractivity contribution is 5.31. The molecule has 2 fully saturated rings. The molecule has 0 amide bonds. The molecule has 2 saturated heterocycles. The molecule has 24 heavy (non-hydrogen) atoms. The van der Waals surface area contributed by atoms with Crippen LogP contribution in [0.5, 0.6) is 0 Å². The molecule has 126 valence electrons. The maximum atomic E-state index is 13.1. The number of piperidine rings is 1. The summed E-state index contributed by atoms with van der Waals surface area (Å²) in [6, 6.07) is 18.6. The molecule has 2 heterocycles. The number of fused-ring (bicyclic) bond motifs is 1. The van der Waals surface area contributed by atoms with Gasteiger partial charge in [-0.05, 0) is 56.2 Å². The predicted molar refractivity (Wildman–Crippen MR) is 95.4 cm³/mol. The first-order valence-corrected chi connectivity index (χ1v) is 8.90. The maximum absolute atomic E-state index is 13.1. The molecule has 2 nitrogen and oxygen atoms in total. The third-order valence-electron chi connectivity index (χ3n) is 6.05. The van der Waals surface area contributed by atoms with Crippen LogP contribution in [0.3, 0.4) is 0 Å². The zero-order valence-corrected chi connectivity index (χ0v) is 14.3. The van der Waals surface area contributed by atoms with E-state index in [-0.39, 0.29) is 5.82 Å². The Bertz CT molecular complexity index is 685. The van der Waals surface area contributed by atoms with Crippen molar-refractivity contribution in [2.45, 2.75) is 30.8 Å². The first-order chi connectivity index (χ1) is 11.7. The minimum atomic E-state index is -0.156. The molecule has 0 bridgehead atoms. The van der Waals surface area contributed by atoms with Gasteiger partial charge in [0.1, 0.15) is 5.82 Å². The Hall–Kier alpha value is -1.71. The van der Waals surface area contributed by atoms with Crippen molar-refractivity contribution in [1.29, 1.82) is 0 Å². The van der Waals surface area contributed by atoms with Crippen LogP contribution in [0, 0.1) is 5.82 Å². The topological polar surface area (TPSA) is 6.48 Å². The lowest BCUT2D eigenvalue weighted by Crippen LogP contribution is -2.54. The maximum Gasteiger partial charge on any atom is 0.123 e. The minimum Gasteiger partial charge on any atom is -0.301 e. The van der Waals surface area contributed by atoms with E-state index in [2.05, 4.69) is 47.2 Å². The van der Waals surface area contributed by atoms with Crippen LogP contribution in [-0.4, -0.2) is 42.5 Å². The number of benzene rings is 2. The Morgan fingerprint density at radius 2 is 1.71 bits per heavy atom. The average Bonchev–Trinajstić information content (AvgIpc) is 2.96. The van der Waals surface area contributed by atoms with Crippen molar-refractivity contribution in [2.75, 3.05) is 26.7 Å². The minimum absolute atomic E-state index is 0.156. The van der Waals surface area contributed by atoms with Gasteiger partial charge in [-0.2, -0.15) is 0 Å². The van der Waals surface area contributed by atoms with Gasteiger partial charge in [-0.1, -0.05) is 42.5 Å². The van der Waals surface area contributed by atoms with E-state index < -0.39 is 0 Å². The second-order valence-electron chi connectivity index (χ2n) is 7.38. The van der Waals surface area contributed by atoms with E-state index in [1.54, 1.807) is 12.1 Å². The van der Waals surface area contributed by atoms with Crippen LogP contribution >= 0.6 is 0 Å². The second kappa shape index (κ2) is 6.30. The van der Waals surface area contributed by atoms with Crippen molar-refractivity contribution in [3.05, 3.63) is 71.5 Å². The third kappa shape index (κ3) is 2.76. The highest BCUT2D eigenvalue weighted by Crippen LogP contribution is 2.45. The first kappa shape index (κ1) is 15.8. The zero-order valence-electron chi connectivity index (χ0n) is 14.3. The number of rotatable bonds is 3. The number of hydrogen-bond acceptors (Lipinski definition) is 2. The van der Waals surface area contributed by atoms with Gasteiger partial charge in [0.05, 0.1) is 0 Å². The van der Waals surface area contributed by atoms with Gasteiger partial charge in [-0.25, -0.2) is 4.39 Å². The summed E-state index contributed by atoms with van der Waals surface area (Å²) in [5.41, 5.74) is 3.00.